The molecule has 2 fully saturated rings. The third kappa shape index (κ3) is 2.21. The Bertz CT molecular complexity index is 676. The molecule has 0 saturated heterocycles. The number of hydrogen-bond donors (Lipinski definition) is 1. The lowest BCUT2D eigenvalue weighted by Crippen LogP contribution is -2.37. The first-order chi connectivity index (χ1) is 10.3. The maximum Gasteiger partial charge on any atom is 0.252 e. The van der Waals surface area contributed by atoms with Crippen molar-refractivity contribution in [3.63, 3.8) is 0 Å². The predicted molar refractivity (Wildman–Crippen MR) is 83.1 cm³/mol. The minimum Gasteiger partial charge on any atom is -0.349 e. The summed E-state index contributed by atoms with van der Waals surface area (Å²) in [6.45, 7) is 0. The van der Waals surface area contributed by atoms with Gasteiger partial charge >= 0.3 is 0 Å². The smallest absolute Gasteiger partial charge is 0.252 e. The third-order valence-electron chi connectivity index (χ3n) is 5.33. The molecule has 1 heterocycles. The van der Waals surface area contributed by atoms with E-state index < -0.39 is 0 Å². The van der Waals surface area contributed by atoms with Gasteiger partial charge in [0.1, 0.15) is 0 Å². The van der Waals surface area contributed by atoms with Gasteiger partial charge < -0.3 is 5.32 Å². The fourth-order valence-corrected chi connectivity index (χ4v) is 4.31. The largest absolute Gasteiger partial charge is 0.349 e. The number of nitrogens with zero attached hydrogens (tertiary/aromatic N) is 1. The van der Waals surface area contributed by atoms with Crippen molar-refractivity contribution in [2.24, 2.45) is 11.8 Å². The molecule has 0 spiro atoms. The Hall–Kier alpha value is -1.90. The molecule has 1 amide bonds. The van der Waals surface area contributed by atoms with Crippen LogP contribution < -0.4 is 5.32 Å². The van der Waals surface area contributed by atoms with Crippen LogP contribution in [0, 0.1) is 11.8 Å². The van der Waals surface area contributed by atoms with Crippen LogP contribution in [-0.4, -0.2) is 16.9 Å². The molecule has 108 valence electrons. The molecule has 4 rings (SSSR count). The molecule has 2 aliphatic rings. The summed E-state index contributed by atoms with van der Waals surface area (Å²) in [5.74, 6) is 1.64. The van der Waals surface area contributed by atoms with Gasteiger partial charge in [0.25, 0.3) is 5.91 Å². The second-order valence-corrected chi connectivity index (χ2v) is 6.41. The minimum absolute atomic E-state index is 0.0735. The van der Waals surface area contributed by atoms with Gasteiger partial charge in [0.05, 0.1) is 0 Å². The summed E-state index contributed by atoms with van der Waals surface area (Å²) in [7, 11) is 0. The SMILES string of the molecule is O=C(NC1CCC2CCCC21)c1cccc2cnccc12. The van der Waals surface area contributed by atoms with Crippen LogP contribution in [0.15, 0.2) is 36.7 Å². The van der Waals surface area contributed by atoms with Crippen molar-refractivity contribution in [1.82, 2.24) is 10.3 Å². The lowest BCUT2D eigenvalue weighted by molar-refractivity contribution is 0.0928. The van der Waals surface area contributed by atoms with E-state index in [9.17, 15) is 4.79 Å². The van der Waals surface area contributed by atoms with Gasteiger partial charge in [0.2, 0.25) is 0 Å². The first-order valence-corrected chi connectivity index (χ1v) is 7.96. The number of rotatable bonds is 2. The van der Waals surface area contributed by atoms with Crippen molar-refractivity contribution in [3.8, 4) is 0 Å². The van der Waals surface area contributed by atoms with E-state index in [2.05, 4.69) is 10.3 Å². The van der Waals surface area contributed by atoms with E-state index in [-0.39, 0.29) is 5.91 Å². The average molecular weight is 280 g/mol. The molecular weight excluding hydrogens is 260 g/mol. The molecule has 2 aromatic rings. The first-order valence-electron chi connectivity index (χ1n) is 7.96. The number of carbonyl (C=O) groups is 1. The van der Waals surface area contributed by atoms with E-state index in [1.54, 1.807) is 6.20 Å². The fourth-order valence-electron chi connectivity index (χ4n) is 4.31. The number of carbonyl (C=O) groups excluding carboxylic acids is 1. The number of fused-ring (bicyclic) bond motifs is 2. The summed E-state index contributed by atoms with van der Waals surface area (Å²) in [5, 5.41) is 5.31. The molecule has 0 bridgehead atoms. The highest BCUT2D eigenvalue weighted by atomic mass is 16.1. The Labute approximate surface area is 124 Å². The van der Waals surface area contributed by atoms with Crippen LogP contribution >= 0.6 is 0 Å². The summed E-state index contributed by atoms with van der Waals surface area (Å²) in [6.07, 6.45) is 9.98. The average Bonchev–Trinajstić information content (AvgIpc) is 3.12. The Balaban J connectivity index is 1.59. The maximum absolute atomic E-state index is 12.7. The van der Waals surface area contributed by atoms with Crippen LogP contribution in [0.3, 0.4) is 0 Å². The standard InChI is InChI=1S/C18H20N2O/c21-18(20-17-8-7-12-3-1-5-15(12)17)16-6-2-4-13-11-19-10-9-14(13)16/h2,4,6,9-12,15,17H,1,3,5,7-8H2,(H,20,21). The number of aromatic nitrogens is 1. The quantitative estimate of drug-likeness (QED) is 0.914. The van der Waals surface area contributed by atoms with Gasteiger partial charge in [-0.25, -0.2) is 0 Å². The molecule has 2 aliphatic carbocycles. The lowest BCUT2D eigenvalue weighted by atomic mass is 9.97. The molecule has 3 unspecified atom stereocenters. The summed E-state index contributed by atoms with van der Waals surface area (Å²) in [5.41, 5.74) is 0.774. The van der Waals surface area contributed by atoms with Gasteiger partial charge in [-0.15, -0.1) is 0 Å². The van der Waals surface area contributed by atoms with Crippen molar-refractivity contribution in [3.05, 3.63) is 42.2 Å². The molecule has 3 nitrogen and oxygen atoms in total. The van der Waals surface area contributed by atoms with Crippen molar-refractivity contribution < 1.29 is 4.79 Å². The lowest BCUT2D eigenvalue weighted by Gasteiger charge is -2.20. The molecule has 0 radical (unpaired) electrons. The van der Waals surface area contributed by atoms with Crippen LogP contribution in [0.5, 0.6) is 0 Å². The van der Waals surface area contributed by atoms with Crippen LogP contribution in [0.4, 0.5) is 0 Å². The number of nitrogens with one attached hydrogen (secondary N) is 1. The van der Waals surface area contributed by atoms with Crippen LogP contribution in [0.1, 0.15) is 42.5 Å². The van der Waals surface area contributed by atoms with Gasteiger partial charge in [-0.2, -0.15) is 0 Å². The van der Waals surface area contributed by atoms with Crippen molar-refractivity contribution in [2.45, 2.75) is 38.1 Å². The minimum atomic E-state index is 0.0735. The highest BCUT2D eigenvalue weighted by Crippen LogP contribution is 2.44. The highest BCUT2D eigenvalue weighted by molar-refractivity contribution is 6.06. The Morgan fingerprint density at radius 1 is 1.14 bits per heavy atom. The molecule has 1 N–H and O–H groups in total. The zero-order valence-electron chi connectivity index (χ0n) is 12.1. The number of hydrogen-bond acceptors (Lipinski definition) is 2. The van der Waals surface area contributed by atoms with Crippen LogP contribution in [0.2, 0.25) is 0 Å². The van der Waals surface area contributed by atoms with Gasteiger partial charge in [-0.05, 0) is 48.6 Å². The van der Waals surface area contributed by atoms with Crippen molar-refractivity contribution in [2.75, 3.05) is 0 Å². The van der Waals surface area contributed by atoms with Gasteiger partial charge in [-0.1, -0.05) is 25.0 Å². The molecule has 3 atom stereocenters. The molecule has 0 aliphatic heterocycles. The van der Waals surface area contributed by atoms with Gasteiger partial charge in [0.15, 0.2) is 0 Å². The molecule has 1 aromatic carbocycles. The second-order valence-electron chi connectivity index (χ2n) is 6.41. The normalized spacial score (nSPS) is 27.7. The van der Waals surface area contributed by atoms with E-state index in [1.165, 1.54) is 25.7 Å². The maximum atomic E-state index is 12.7. The molecule has 21 heavy (non-hydrogen) atoms. The van der Waals surface area contributed by atoms with E-state index in [0.717, 1.165) is 28.7 Å². The zero-order chi connectivity index (χ0) is 14.2. The molecule has 3 heteroatoms. The Morgan fingerprint density at radius 3 is 3.05 bits per heavy atom. The predicted octanol–water partition coefficient (Wildman–Crippen LogP) is 3.54. The first kappa shape index (κ1) is 12.8. The third-order valence-corrected chi connectivity index (χ3v) is 5.33. The summed E-state index contributed by atoms with van der Waals surface area (Å²) < 4.78 is 0. The summed E-state index contributed by atoms with van der Waals surface area (Å²) in [6, 6.07) is 8.16. The Morgan fingerprint density at radius 2 is 2.10 bits per heavy atom. The highest BCUT2D eigenvalue weighted by Gasteiger charge is 2.39. The van der Waals surface area contributed by atoms with E-state index in [4.69, 9.17) is 0 Å². The van der Waals surface area contributed by atoms with E-state index in [1.807, 2.05) is 30.5 Å². The molecule has 1 aromatic heterocycles. The van der Waals surface area contributed by atoms with Gasteiger partial charge in [-0.3, -0.25) is 9.78 Å². The number of amides is 1. The number of benzene rings is 1. The van der Waals surface area contributed by atoms with E-state index >= 15 is 0 Å². The Kier molecular flexibility index (Phi) is 3.13. The monoisotopic (exact) mass is 280 g/mol. The van der Waals surface area contributed by atoms with Gasteiger partial charge in [0, 0.05) is 29.4 Å². The van der Waals surface area contributed by atoms with E-state index in [0.29, 0.717) is 12.0 Å². The van der Waals surface area contributed by atoms with Crippen molar-refractivity contribution >= 4 is 16.7 Å². The summed E-state index contributed by atoms with van der Waals surface area (Å²) >= 11 is 0. The number of pyridine rings is 1. The van der Waals surface area contributed by atoms with Crippen LogP contribution in [0.25, 0.3) is 10.8 Å². The molecular formula is C18H20N2O. The fraction of sp³-hybridized carbons (Fsp3) is 0.444. The topological polar surface area (TPSA) is 42.0 Å². The van der Waals surface area contributed by atoms with Crippen LogP contribution in [-0.2, 0) is 0 Å². The summed E-state index contributed by atoms with van der Waals surface area (Å²) in [4.78, 5) is 16.8. The zero-order valence-corrected chi connectivity index (χ0v) is 12.1. The second kappa shape index (κ2) is 5.14. The van der Waals surface area contributed by atoms with Crippen molar-refractivity contribution in [1.29, 1.82) is 0 Å². The molecule has 2 saturated carbocycles.